The predicted molar refractivity (Wildman–Crippen MR) is 73.7 cm³/mol. The molecular formula is C10H14N6O4. The molecule has 2 aromatic heterocycles. The molecule has 0 fully saturated rings. The molecule has 0 aliphatic heterocycles. The highest BCUT2D eigenvalue weighted by atomic mass is 16.2. The number of hydrogen-bond acceptors (Lipinski definition) is 6. The Morgan fingerprint density at radius 3 is 1.20 bits per heavy atom. The zero-order valence-corrected chi connectivity index (χ0v) is 10.8. The lowest BCUT2D eigenvalue weighted by atomic mass is 10.4. The lowest BCUT2D eigenvalue weighted by molar-refractivity contribution is 1.00. The number of nitrogens with one attached hydrogen (secondary N) is 4. The van der Waals surface area contributed by atoms with Gasteiger partial charge in [-0.05, 0) is 13.8 Å². The first-order chi connectivity index (χ1) is 9.22. The maximum atomic E-state index is 10.7. The van der Waals surface area contributed by atoms with Crippen LogP contribution in [0.1, 0.15) is 11.4 Å². The molecule has 108 valence electrons. The number of nitrogen functional groups attached to an aromatic ring is 2. The van der Waals surface area contributed by atoms with Crippen LogP contribution in [-0.4, -0.2) is 19.9 Å². The fraction of sp³-hybridized carbons (Fsp3) is 0.200. The molecule has 0 saturated heterocycles. The van der Waals surface area contributed by atoms with Crippen LogP contribution in [0, 0.1) is 13.8 Å². The second kappa shape index (κ2) is 5.73. The van der Waals surface area contributed by atoms with Gasteiger partial charge in [-0.1, -0.05) is 0 Å². The summed E-state index contributed by atoms with van der Waals surface area (Å²) in [6, 6.07) is 0. The van der Waals surface area contributed by atoms with Gasteiger partial charge in [0.15, 0.2) is 0 Å². The summed E-state index contributed by atoms with van der Waals surface area (Å²) in [6.07, 6.45) is 0. The number of aromatic nitrogens is 4. The molecule has 0 bridgehead atoms. The van der Waals surface area contributed by atoms with Gasteiger partial charge in [-0.2, -0.15) is 0 Å². The van der Waals surface area contributed by atoms with Crippen LogP contribution < -0.4 is 34.0 Å². The molecule has 2 rings (SSSR count). The number of aromatic amines is 4. The zero-order valence-electron chi connectivity index (χ0n) is 10.8. The Hall–Kier alpha value is -3.04. The predicted octanol–water partition coefficient (Wildman–Crippen LogP) is -2.09. The van der Waals surface area contributed by atoms with Crippen LogP contribution in [0.3, 0.4) is 0 Å². The number of aryl methyl sites for hydroxylation is 2. The van der Waals surface area contributed by atoms with E-state index < -0.39 is 22.5 Å². The van der Waals surface area contributed by atoms with Gasteiger partial charge in [0.1, 0.15) is 11.4 Å². The van der Waals surface area contributed by atoms with Gasteiger partial charge in [0, 0.05) is 11.4 Å². The number of H-pyrrole nitrogens is 4. The van der Waals surface area contributed by atoms with Crippen molar-refractivity contribution >= 4 is 11.4 Å². The quantitative estimate of drug-likeness (QED) is 0.321. The van der Waals surface area contributed by atoms with Crippen molar-refractivity contribution in [3.05, 3.63) is 53.1 Å². The van der Waals surface area contributed by atoms with E-state index in [2.05, 4.69) is 9.97 Å². The van der Waals surface area contributed by atoms with Crippen molar-refractivity contribution in [1.82, 2.24) is 19.9 Å². The molecule has 8 N–H and O–H groups in total. The van der Waals surface area contributed by atoms with Crippen molar-refractivity contribution in [2.24, 2.45) is 0 Å². The standard InChI is InChI=1S/2C5H7N3O2/c2*1-2-3(6)4(9)8-5(10)7-2/h2*6H2,1H3,(H2,7,8,9,10). The molecule has 2 aromatic rings. The molecule has 0 saturated carbocycles. The largest absolute Gasteiger partial charge is 0.393 e. The smallest absolute Gasteiger partial charge is 0.326 e. The van der Waals surface area contributed by atoms with Crippen LogP contribution in [0.5, 0.6) is 0 Å². The molecule has 0 aromatic carbocycles. The van der Waals surface area contributed by atoms with E-state index in [0.29, 0.717) is 11.4 Å². The fourth-order valence-corrected chi connectivity index (χ4v) is 1.22. The van der Waals surface area contributed by atoms with Crippen LogP contribution in [0.25, 0.3) is 0 Å². The van der Waals surface area contributed by atoms with Crippen molar-refractivity contribution in [2.45, 2.75) is 13.8 Å². The topological polar surface area (TPSA) is 183 Å². The number of nitrogens with two attached hydrogens (primary N) is 2. The van der Waals surface area contributed by atoms with Crippen LogP contribution in [0.4, 0.5) is 11.4 Å². The second-order valence-electron chi connectivity index (χ2n) is 3.89. The van der Waals surface area contributed by atoms with Crippen molar-refractivity contribution < 1.29 is 0 Å². The summed E-state index contributed by atoms with van der Waals surface area (Å²) in [6.45, 7) is 3.12. The van der Waals surface area contributed by atoms with Crippen LogP contribution >= 0.6 is 0 Å². The highest BCUT2D eigenvalue weighted by Crippen LogP contribution is 1.92. The molecule has 2 heterocycles. The molecular weight excluding hydrogens is 268 g/mol. The van der Waals surface area contributed by atoms with Crippen LogP contribution in [0.15, 0.2) is 19.2 Å². The van der Waals surface area contributed by atoms with Crippen molar-refractivity contribution in [2.75, 3.05) is 11.5 Å². The molecule has 10 nitrogen and oxygen atoms in total. The molecule has 0 unspecified atom stereocenters. The summed E-state index contributed by atoms with van der Waals surface area (Å²) in [5.41, 5.74) is 9.24. The third-order valence-electron chi connectivity index (χ3n) is 2.35. The van der Waals surface area contributed by atoms with Gasteiger partial charge in [-0.3, -0.25) is 19.6 Å². The van der Waals surface area contributed by atoms with E-state index in [-0.39, 0.29) is 11.4 Å². The van der Waals surface area contributed by atoms with Crippen LogP contribution in [0.2, 0.25) is 0 Å². The Morgan fingerprint density at radius 2 is 0.950 bits per heavy atom. The van der Waals surface area contributed by atoms with Gasteiger partial charge in [0.25, 0.3) is 11.1 Å². The minimum atomic E-state index is -0.541. The average molecular weight is 282 g/mol. The SMILES string of the molecule is Cc1[nH]c(=O)[nH]c(=O)c1N.Cc1[nH]c(=O)[nH]c(=O)c1N. The molecule has 10 heteroatoms. The fourth-order valence-electron chi connectivity index (χ4n) is 1.22. The molecule has 0 amide bonds. The van der Waals surface area contributed by atoms with Gasteiger partial charge < -0.3 is 21.4 Å². The first kappa shape index (κ1) is 15.0. The Morgan fingerprint density at radius 1 is 0.650 bits per heavy atom. The lowest BCUT2D eigenvalue weighted by Crippen LogP contribution is -2.25. The van der Waals surface area contributed by atoms with Crippen LogP contribution in [-0.2, 0) is 0 Å². The Bertz CT molecular complexity index is 769. The Kier molecular flexibility index (Phi) is 4.31. The van der Waals surface area contributed by atoms with Gasteiger partial charge in [-0.15, -0.1) is 0 Å². The molecule has 0 radical (unpaired) electrons. The van der Waals surface area contributed by atoms with E-state index in [1.807, 2.05) is 9.97 Å². The third-order valence-corrected chi connectivity index (χ3v) is 2.35. The maximum Gasteiger partial charge on any atom is 0.326 e. The maximum absolute atomic E-state index is 10.7. The molecule has 0 aliphatic rings. The molecule has 20 heavy (non-hydrogen) atoms. The monoisotopic (exact) mass is 282 g/mol. The van der Waals surface area contributed by atoms with E-state index in [9.17, 15) is 19.2 Å². The Balaban J connectivity index is 0.000000200. The van der Waals surface area contributed by atoms with Gasteiger partial charge in [0.05, 0.1) is 0 Å². The summed E-state index contributed by atoms with van der Waals surface area (Å²) < 4.78 is 0. The van der Waals surface area contributed by atoms with E-state index in [1.54, 1.807) is 13.8 Å². The van der Waals surface area contributed by atoms with E-state index in [4.69, 9.17) is 11.5 Å². The zero-order chi connectivity index (χ0) is 15.4. The molecule has 0 aliphatic carbocycles. The number of rotatable bonds is 0. The highest BCUT2D eigenvalue weighted by Gasteiger charge is 1.98. The third kappa shape index (κ3) is 3.48. The van der Waals surface area contributed by atoms with Gasteiger partial charge in [-0.25, -0.2) is 9.59 Å². The summed E-state index contributed by atoms with van der Waals surface area (Å²) in [4.78, 5) is 51.0. The number of anilines is 2. The summed E-state index contributed by atoms with van der Waals surface area (Å²) in [5, 5.41) is 0. The normalized spacial score (nSPS) is 9.70. The number of hydrogen-bond donors (Lipinski definition) is 6. The summed E-state index contributed by atoms with van der Waals surface area (Å²) >= 11 is 0. The van der Waals surface area contributed by atoms with Gasteiger partial charge in [0.2, 0.25) is 0 Å². The van der Waals surface area contributed by atoms with Crippen molar-refractivity contribution in [1.29, 1.82) is 0 Å². The van der Waals surface area contributed by atoms with Crippen molar-refractivity contribution in [3.63, 3.8) is 0 Å². The molecule has 0 spiro atoms. The van der Waals surface area contributed by atoms with E-state index >= 15 is 0 Å². The lowest BCUT2D eigenvalue weighted by Gasteiger charge is -1.93. The molecule has 0 atom stereocenters. The van der Waals surface area contributed by atoms with Crippen molar-refractivity contribution in [3.8, 4) is 0 Å². The first-order valence-corrected chi connectivity index (χ1v) is 5.39. The highest BCUT2D eigenvalue weighted by molar-refractivity contribution is 5.38. The summed E-state index contributed by atoms with van der Waals surface area (Å²) in [5.74, 6) is 0. The second-order valence-corrected chi connectivity index (χ2v) is 3.89. The summed E-state index contributed by atoms with van der Waals surface area (Å²) in [7, 11) is 0. The average Bonchev–Trinajstić information content (AvgIpc) is 2.33. The van der Waals surface area contributed by atoms with E-state index in [0.717, 1.165) is 0 Å². The first-order valence-electron chi connectivity index (χ1n) is 5.39. The van der Waals surface area contributed by atoms with Gasteiger partial charge >= 0.3 is 11.4 Å². The van der Waals surface area contributed by atoms with E-state index in [1.165, 1.54) is 0 Å². The Labute approximate surface area is 110 Å². The minimum absolute atomic E-state index is 0.0552. The minimum Gasteiger partial charge on any atom is -0.393 e.